The first-order valence-corrected chi connectivity index (χ1v) is 12.4. The number of methoxy groups -OCH3 is 6. The van der Waals surface area contributed by atoms with Gasteiger partial charge in [-0.05, 0) is 46.2 Å². The van der Waals surface area contributed by atoms with Gasteiger partial charge in [0.2, 0.25) is 0 Å². The summed E-state index contributed by atoms with van der Waals surface area (Å²) >= 11 is 0. The molecule has 200 valence electrons. The van der Waals surface area contributed by atoms with Gasteiger partial charge in [0.05, 0.1) is 14.2 Å². The molecule has 0 saturated carbocycles. The molecule has 0 saturated heterocycles. The van der Waals surface area contributed by atoms with E-state index in [0.29, 0.717) is 11.5 Å². The van der Waals surface area contributed by atoms with E-state index in [2.05, 4.69) is 65.8 Å². The van der Waals surface area contributed by atoms with Crippen molar-refractivity contribution in [2.24, 2.45) is 0 Å². The van der Waals surface area contributed by atoms with Crippen LogP contribution in [0.25, 0.3) is 0 Å². The van der Waals surface area contributed by atoms with Gasteiger partial charge in [0.15, 0.2) is 0 Å². The van der Waals surface area contributed by atoms with Crippen molar-refractivity contribution in [1.29, 1.82) is 0 Å². The average Bonchev–Trinajstić information content (AvgIpc) is 2.82. The van der Waals surface area contributed by atoms with Crippen LogP contribution in [0.3, 0.4) is 0 Å². The standard InChI is InChI=1S/C30H44O6/c1-29(2,3)17-13-19-23(31-7)20(14-17)26(34-10)28(36-12)22-16-18(30(4,5)6)15-21(24(22)32-8)27(35-11)25(19)33-9/h13-16,25-28H,1-12H3. The third kappa shape index (κ3) is 5.01. The highest BCUT2D eigenvalue weighted by atomic mass is 16.5. The lowest BCUT2D eigenvalue weighted by Crippen LogP contribution is -2.26. The average molecular weight is 501 g/mol. The summed E-state index contributed by atoms with van der Waals surface area (Å²) in [4.78, 5) is 0. The van der Waals surface area contributed by atoms with Crippen molar-refractivity contribution in [1.82, 2.24) is 0 Å². The minimum atomic E-state index is -0.459. The maximum absolute atomic E-state index is 6.19. The van der Waals surface area contributed by atoms with Crippen molar-refractivity contribution < 1.29 is 28.4 Å². The molecule has 6 nitrogen and oxygen atoms in total. The second-order valence-electron chi connectivity index (χ2n) is 11.5. The first-order valence-electron chi connectivity index (χ1n) is 12.4. The Morgan fingerprint density at radius 3 is 0.806 bits per heavy atom. The highest BCUT2D eigenvalue weighted by molar-refractivity contribution is 5.55. The SMILES string of the molecule is COc1c2cc(C(C)(C)C)cc1C(OC)C(OC)c1cc(C(C)(C)C)cc(c1OC)C(OC)C2OC. The Bertz CT molecular complexity index is 915. The van der Waals surface area contributed by atoms with Gasteiger partial charge in [-0.15, -0.1) is 0 Å². The fourth-order valence-corrected chi connectivity index (χ4v) is 5.19. The molecule has 0 radical (unpaired) electrons. The Kier molecular flexibility index (Phi) is 8.46. The van der Waals surface area contributed by atoms with Crippen LogP contribution in [0.15, 0.2) is 24.3 Å². The van der Waals surface area contributed by atoms with Crippen LogP contribution in [-0.4, -0.2) is 42.7 Å². The van der Waals surface area contributed by atoms with Gasteiger partial charge in [0.25, 0.3) is 0 Å². The highest BCUT2D eigenvalue weighted by Crippen LogP contribution is 2.52. The van der Waals surface area contributed by atoms with Gasteiger partial charge in [0.1, 0.15) is 35.9 Å². The van der Waals surface area contributed by atoms with Crippen LogP contribution >= 0.6 is 0 Å². The number of ether oxygens (including phenoxy) is 6. The van der Waals surface area contributed by atoms with E-state index in [1.807, 2.05) is 0 Å². The largest absolute Gasteiger partial charge is 0.496 e. The number of hydrogen-bond donors (Lipinski definition) is 0. The highest BCUT2D eigenvalue weighted by Gasteiger charge is 2.40. The maximum atomic E-state index is 6.19. The molecule has 4 atom stereocenters. The third-order valence-electron chi connectivity index (χ3n) is 7.22. The van der Waals surface area contributed by atoms with E-state index in [4.69, 9.17) is 28.4 Å². The van der Waals surface area contributed by atoms with Gasteiger partial charge >= 0.3 is 0 Å². The normalized spacial score (nSPS) is 22.3. The number of rotatable bonds is 6. The van der Waals surface area contributed by atoms with Crippen molar-refractivity contribution >= 4 is 0 Å². The summed E-state index contributed by atoms with van der Waals surface area (Å²) in [7, 11) is 10.2. The zero-order valence-corrected chi connectivity index (χ0v) is 24.1. The van der Waals surface area contributed by atoms with Gasteiger partial charge in [-0.3, -0.25) is 0 Å². The summed E-state index contributed by atoms with van der Waals surface area (Å²) < 4.78 is 36.9. The zero-order chi connectivity index (χ0) is 27.0. The van der Waals surface area contributed by atoms with Gasteiger partial charge < -0.3 is 28.4 Å². The van der Waals surface area contributed by atoms with Crippen LogP contribution in [0.1, 0.15) is 99.3 Å². The Balaban J connectivity index is 2.56. The summed E-state index contributed by atoms with van der Waals surface area (Å²) in [5, 5.41) is 0. The minimum Gasteiger partial charge on any atom is -0.496 e. The summed E-state index contributed by atoms with van der Waals surface area (Å²) in [6, 6.07) is 8.67. The summed E-state index contributed by atoms with van der Waals surface area (Å²) in [6.07, 6.45) is -1.83. The smallest absolute Gasteiger partial charge is 0.130 e. The molecule has 2 aromatic rings. The fourth-order valence-electron chi connectivity index (χ4n) is 5.19. The second kappa shape index (κ2) is 10.7. The number of benzene rings is 2. The van der Waals surface area contributed by atoms with Crippen molar-refractivity contribution in [3.63, 3.8) is 0 Å². The fraction of sp³-hybridized carbons (Fsp3) is 0.600. The molecule has 4 bridgehead atoms. The first-order chi connectivity index (χ1) is 16.9. The number of fused-ring (bicyclic) bond motifs is 4. The molecule has 6 heteroatoms. The van der Waals surface area contributed by atoms with Crippen LogP contribution < -0.4 is 9.47 Å². The van der Waals surface area contributed by atoms with Crippen LogP contribution in [0.5, 0.6) is 11.5 Å². The molecule has 1 aliphatic rings. The molecule has 4 unspecified atom stereocenters. The Morgan fingerprint density at radius 2 is 0.667 bits per heavy atom. The summed E-state index contributed by atoms with van der Waals surface area (Å²) in [5.74, 6) is 1.43. The second-order valence-corrected chi connectivity index (χ2v) is 11.5. The van der Waals surface area contributed by atoms with Crippen molar-refractivity contribution in [3.05, 3.63) is 57.6 Å². The quantitative estimate of drug-likeness (QED) is 0.437. The lowest BCUT2D eigenvalue weighted by atomic mass is 9.78. The Labute approximate surface area is 217 Å². The van der Waals surface area contributed by atoms with E-state index < -0.39 is 24.4 Å². The molecule has 36 heavy (non-hydrogen) atoms. The number of hydrogen-bond acceptors (Lipinski definition) is 6. The van der Waals surface area contributed by atoms with E-state index in [-0.39, 0.29) is 10.8 Å². The molecule has 0 aliphatic heterocycles. The molecular weight excluding hydrogens is 456 g/mol. The van der Waals surface area contributed by atoms with Crippen LogP contribution in [0, 0.1) is 0 Å². The van der Waals surface area contributed by atoms with Crippen LogP contribution in [0.2, 0.25) is 0 Å². The monoisotopic (exact) mass is 500 g/mol. The summed E-state index contributed by atoms with van der Waals surface area (Å²) in [6.45, 7) is 13.2. The van der Waals surface area contributed by atoms with E-state index in [1.54, 1.807) is 42.7 Å². The molecule has 0 heterocycles. The van der Waals surface area contributed by atoms with Crippen LogP contribution in [0.4, 0.5) is 0 Å². The van der Waals surface area contributed by atoms with Gasteiger partial charge in [-0.25, -0.2) is 0 Å². The first kappa shape index (κ1) is 28.5. The molecule has 1 aliphatic carbocycles. The Hall–Kier alpha value is -2.12. The molecule has 0 aromatic heterocycles. The lowest BCUT2D eigenvalue weighted by molar-refractivity contribution is -0.0504. The topological polar surface area (TPSA) is 55.4 Å². The van der Waals surface area contributed by atoms with Gasteiger partial charge in [0, 0.05) is 50.7 Å². The molecule has 2 aromatic carbocycles. The van der Waals surface area contributed by atoms with E-state index >= 15 is 0 Å². The van der Waals surface area contributed by atoms with Crippen molar-refractivity contribution in [3.8, 4) is 11.5 Å². The van der Waals surface area contributed by atoms with Crippen LogP contribution in [-0.2, 0) is 29.8 Å². The lowest BCUT2D eigenvalue weighted by Gasteiger charge is -2.37. The molecule has 0 N–H and O–H groups in total. The molecule has 0 fully saturated rings. The predicted octanol–water partition coefficient (Wildman–Crippen LogP) is 6.76. The van der Waals surface area contributed by atoms with Gasteiger partial charge in [-0.2, -0.15) is 0 Å². The Morgan fingerprint density at radius 1 is 0.444 bits per heavy atom. The predicted molar refractivity (Wildman–Crippen MR) is 142 cm³/mol. The van der Waals surface area contributed by atoms with Gasteiger partial charge in [-0.1, -0.05) is 41.5 Å². The third-order valence-corrected chi connectivity index (χ3v) is 7.22. The van der Waals surface area contributed by atoms with Crippen molar-refractivity contribution in [2.45, 2.75) is 76.8 Å². The minimum absolute atomic E-state index is 0.118. The zero-order valence-electron chi connectivity index (χ0n) is 24.1. The van der Waals surface area contributed by atoms with Crippen molar-refractivity contribution in [2.75, 3.05) is 42.7 Å². The molecule has 0 spiro atoms. The molecular formula is C30H44O6. The summed E-state index contributed by atoms with van der Waals surface area (Å²) in [5.41, 5.74) is 5.66. The molecule has 3 rings (SSSR count). The maximum Gasteiger partial charge on any atom is 0.130 e. The van der Waals surface area contributed by atoms with E-state index in [0.717, 1.165) is 33.4 Å². The van der Waals surface area contributed by atoms with E-state index in [9.17, 15) is 0 Å². The van der Waals surface area contributed by atoms with E-state index in [1.165, 1.54) is 0 Å². The molecule has 0 amide bonds.